The molecule has 4 heteroatoms. The summed E-state index contributed by atoms with van der Waals surface area (Å²) in [4.78, 5) is 11.2. The smallest absolute Gasteiger partial charge is 0.302 e. The summed E-state index contributed by atoms with van der Waals surface area (Å²) < 4.78 is 11.4. The lowest BCUT2D eigenvalue weighted by Gasteiger charge is -2.29. The number of hydrogen-bond donors (Lipinski definition) is 0. The second-order valence-corrected chi connectivity index (χ2v) is 5.89. The van der Waals surface area contributed by atoms with Crippen molar-refractivity contribution in [2.75, 3.05) is 0 Å². The number of rotatable bonds is 6. The van der Waals surface area contributed by atoms with Gasteiger partial charge in [-0.05, 0) is 32.6 Å². The Morgan fingerprint density at radius 2 is 2.20 bits per heavy atom. The van der Waals surface area contributed by atoms with E-state index in [1.165, 1.54) is 19.8 Å². The number of unbranched alkanes of at least 4 members (excludes halogenated alkanes) is 3. The van der Waals surface area contributed by atoms with Gasteiger partial charge in [0.15, 0.2) is 5.60 Å². The zero-order valence-corrected chi connectivity index (χ0v) is 13.0. The van der Waals surface area contributed by atoms with E-state index in [-0.39, 0.29) is 18.2 Å². The van der Waals surface area contributed by atoms with Crippen LogP contribution in [0.5, 0.6) is 0 Å². The first-order chi connectivity index (χ1) is 9.50. The zero-order valence-electron chi connectivity index (χ0n) is 13.0. The first kappa shape index (κ1) is 17.0. The Morgan fingerprint density at radius 3 is 2.80 bits per heavy atom. The molecule has 0 spiro atoms. The molecule has 0 saturated carbocycles. The maximum absolute atomic E-state index is 11.2. The van der Waals surface area contributed by atoms with Crippen molar-refractivity contribution in [2.45, 2.75) is 89.9 Å². The SMILES string of the molecule is CCCCCC[C@H]1O[C@](C)(C#N)CCCC1OC(C)=O. The highest BCUT2D eigenvalue weighted by Crippen LogP contribution is 2.31. The highest BCUT2D eigenvalue weighted by atomic mass is 16.6. The molecule has 1 aliphatic heterocycles. The van der Waals surface area contributed by atoms with Crippen molar-refractivity contribution < 1.29 is 14.3 Å². The Kier molecular flexibility index (Phi) is 7.01. The summed E-state index contributed by atoms with van der Waals surface area (Å²) in [6, 6.07) is 2.26. The minimum Gasteiger partial charge on any atom is -0.460 e. The number of carbonyl (C=O) groups is 1. The second-order valence-electron chi connectivity index (χ2n) is 5.89. The molecule has 1 fully saturated rings. The van der Waals surface area contributed by atoms with Gasteiger partial charge in [-0.25, -0.2) is 0 Å². The summed E-state index contributed by atoms with van der Waals surface area (Å²) in [5.74, 6) is -0.266. The summed E-state index contributed by atoms with van der Waals surface area (Å²) >= 11 is 0. The third kappa shape index (κ3) is 5.50. The molecule has 0 aliphatic carbocycles. The van der Waals surface area contributed by atoms with Crippen molar-refractivity contribution in [3.05, 3.63) is 0 Å². The average Bonchev–Trinajstić information content (AvgIpc) is 2.55. The van der Waals surface area contributed by atoms with Crippen molar-refractivity contribution in [1.29, 1.82) is 5.26 Å². The lowest BCUT2D eigenvalue weighted by molar-refractivity contribution is -0.160. The highest BCUT2D eigenvalue weighted by Gasteiger charge is 2.37. The molecule has 4 nitrogen and oxygen atoms in total. The number of nitrogens with zero attached hydrogens (tertiary/aromatic N) is 1. The Balaban J connectivity index is 2.66. The molecule has 1 saturated heterocycles. The molecule has 0 N–H and O–H groups in total. The molecular weight excluding hydrogens is 254 g/mol. The van der Waals surface area contributed by atoms with E-state index in [4.69, 9.17) is 9.47 Å². The first-order valence-corrected chi connectivity index (χ1v) is 7.77. The van der Waals surface area contributed by atoms with Gasteiger partial charge in [0.25, 0.3) is 0 Å². The van der Waals surface area contributed by atoms with Gasteiger partial charge in [0, 0.05) is 6.92 Å². The van der Waals surface area contributed by atoms with Crippen LogP contribution in [0, 0.1) is 11.3 Å². The van der Waals surface area contributed by atoms with Crippen LogP contribution in [0.4, 0.5) is 0 Å². The van der Waals surface area contributed by atoms with Crippen LogP contribution in [-0.4, -0.2) is 23.8 Å². The average molecular weight is 281 g/mol. The van der Waals surface area contributed by atoms with Gasteiger partial charge in [-0.1, -0.05) is 32.6 Å². The van der Waals surface area contributed by atoms with Crippen LogP contribution in [-0.2, 0) is 14.3 Å². The van der Waals surface area contributed by atoms with E-state index in [2.05, 4.69) is 13.0 Å². The highest BCUT2D eigenvalue weighted by molar-refractivity contribution is 5.66. The van der Waals surface area contributed by atoms with Crippen LogP contribution in [0.1, 0.15) is 72.1 Å². The van der Waals surface area contributed by atoms with Crippen molar-refractivity contribution in [3.63, 3.8) is 0 Å². The molecule has 0 aromatic rings. The molecule has 0 radical (unpaired) electrons. The predicted molar refractivity (Wildman–Crippen MR) is 77.1 cm³/mol. The van der Waals surface area contributed by atoms with E-state index in [9.17, 15) is 10.1 Å². The molecule has 20 heavy (non-hydrogen) atoms. The Labute approximate surface area is 122 Å². The molecule has 114 valence electrons. The van der Waals surface area contributed by atoms with Crippen LogP contribution >= 0.6 is 0 Å². The third-order valence-electron chi connectivity index (χ3n) is 3.86. The maximum atomic E-state index is 11.2. The standard InChI is InChI=1S/C16H27NO3/c1-4-5-6-7-9-15-14(19-13(2)18)10-8-11-16(3,12-17)20-15/h14-15H,4-11H2,1-3H3/t14?,15-,16+/m1/s1. The number of hydrogen-bond acceptors (Lipinski definition) is 4. The van der Waals surface area contributed by atoms with Crippen LogP contribution in [0.3, 0.4) is 0 Å². The molecule has 0 aromatic carbocycles. The fraction of sp³-hybridized carbons (Fsp3) is 0.875. The van der Waals surface area contributed by atoms with Crippen LogP contribution in [0.15, 0.2) is 0 Å². The fourth-order valence-electron chi connectivity index (χ4n) is 2.74. The Morgan fingerprint density at radius 1 is 1.45 bits per heavy atom. The van der Waals surface area contributed by atoms with Gasteiger partial charge in [-0.15, -0.1) is 0 Å². The van der Waals surface area contributed by atoms with Crippen molar-refractivity contribution in [2.24, 2.45) is 0 Å². The zero-order chi connectivity index (χ0) is 15.0. The maximum Gasteiger partial charge on any atom is 0.302 e. The molecule has 0 amide bonds. The van der Waals surface area contributed by atoms with Crippen molar-refractivity contribution in [1.82, 2.24) is 0 Å². The minimum atomic E-state index is -0.746. The number of esters is 1. The monoisotopic (exact) mass is 281 g/mol. The Hall–Kier alpha value is -1.08. The van der Waals surface area contributed by atoms with Gasteiger partial charge in [0.2, 0.25) is 0 Å². The second kappa shape index (κ2) is 8.26. The van der Waals surface area contributed by atoms with Gasteiger partial charge >= 0.3 is 5.97 Å². The lowest BCUT2D eigenvalue weighted by Crippen LogP contribution is -2.37. The van der Waals surface area contributed by atoms with E-state index in [0.29, 0.717) is 6.42 Å². The molecule has 0 aromatic heterocycles. The Bertz CT molecular complexity index is 350. The van der Waals surface area contributed by atoms with E-state index < -0.39 is 5.60 Å². The summed E-state index contributed by atoms with van der Waals surface area (Å²) in [6.45, 7) is 5.45. The van der Waals surface area contributed by atoms with E-state index in [0.717, 1.165) is 32.1 Å². The topological polar surface area (TPSA) is 59.3 Å². The normalized spacial score (nSPS) is 30.3. The largest absolute Gasteiger partial charge is 0.460 e. The summed E-state index contributed by atoms with van der Waals surface area (Å²) in [6.07, 6.45) is 7.46. The van der Waals surface area contributed by atoms with Crippen LogP contribution < -0.4 is 0 Å². The summed E-state index contributed by atoms with van der Waals surface area (Å²) in [5, 5.41) is 9.29. The first-order valence-electron chi connectivity index (χ1n) is 7.77. The molecule has 1 aliphatic rings. The van der Waals surface area contributed by atoms with Gasteiger partial charge in [0.1, 0.15) is 6.10 Å². The van der Waals surface area contributed by atoms with E-state index >= 15 is 0 Å². The third-order valence-corrected chi connectivity index (χ3v) is 3.86. The van der Waals surface area contributed by atoms with Gasteiger partial charge < -0.3 is 9.47 Å². The molecular formula is C16H27NO3. The quantitative estimate of drug-likeness (QED) is 0.549. The number of carbonyl (C=O) groups excluding carboxylic acids is 1. The lowest BCUT2D eigenvalue weighted by atomic mass is 10.00. The van der Waals surface area contributed by atoms with Gasteiger partial charge in [0.05, 0.1) is 12.2 Å². The molecule has 1 heterocycles. The van der Waals surface area contributed by atoms with Gasteiger partial charge in [-0.3, -0.25) is 4.79 Å². The predicted octanol–water partition coefficient (Wildman–Crippen LogP) is 3.74. The minimum absolute atomic E-state index is 0.150. The molecule has 0 bridgehead atoms. The summed E-state index contributed by atoms with van der Waals surface area (Å²) in [7, 11) is 0. The van der Waals surface area contributed by atoms with E-state index in [1.807, 2.05) is 6.92 Å². The van der Waals surface area contributed by atoms with Crippen molar-refractivity contribution >= 4 is 5.97 Å². The van der Waals surface area contributed by atoms with Crippen LogP contribution in [0.2, 0.25) is 0 Å². The molecule has 3 atom stereocenters. The van der Waals surface area contributed by atoms with E-state index in [1.54, 1.807) is 0 Å². The molecule has 1 rings (SSSR count). The van der Waals surface area contributed by atoms with Crippen LogP contribution in [0.25, 0.3) is 0 Å². The van der Waals surface area contributed by atoms with Crippen molar-refractivity contribution in [3.8, 4) is 6.07 Å². The van der Waals surface area contributed by atoms with Gasteiger partial charge in [-0.2, -0.15) is 5.26 Å². The summed E-state index contributed by atoms with van der Waals surface area (Å²) in [5.41, 5.74) is -0.746. The number of ether oxygens (including phenoxy) is 2. The number of nitriles is 1. The fourth-order valence-corrected chi connectivity index (χ4v) is 2.74. The molecule has 1 unspecified atom stereocenters.